The molecule has 0 aromatic heterocycles. The summed E-state index contributed by atoms with van der Waals surface area (Å²) in [6, 6.07) is 7.60. The second-order valence-electron chi connectivity index (χ2n) is 4.86. The van der Waals surface area contributed by atoms with Crippen LogP contribution in [0.2, 0.25) is 0 Å². The van der Waals surface area contributed by atoms with Gasteiger partial charge in [0.05, 0.1) is 7.11 Å². The number of hydrogen-bond donors (Lipinski definition) is 2. The molecule has 1 aliphatic heterocycles. The Balaban J connectivity index is 2.10. The van der Waals surface area contributed by atoms with Crippen LogP contribution in [0.15, 0.2) is 36.9 Å². The van der Waals surface area contributed by atoms with Crippen molar-refractivity contribution in [1.29, 1.82) is 0 Å². The first-order valence-electron chi connectivity index (χ1n) is 6.76. The van der Waals surface area contributed by atoms with E-state index in [2.05, 4.69) is 6.58 Å². The number of phenolic OH excluding ortho intramolecular Hbond substituents is 2. The lowest BCUT2D eigenvalue weighted by Crippen LogP contribution is -2.06. The molecule has 1 heterocycles. The molecule has 0 radical (unpaired) electrons. The molecule has 0 bridgehead atoms. The van der Waals surface area contributed by atoms with Crippen LogP contribution in [0.25, 0.3) is 5.57 Å². The van der Waals surface area contributed by atoms with Crippen molar-refractivity contribution in [3.8, 4) is 28.7 Å². The van der Waals surface area contributed by atoms with Crippen LogP contribution in [0.3, 0.4) is 0 Å². The number of ether oxygens (including phenoxy) is 3. The highest BCUT2D eigenvalue weighted by Crippen LogP contribution is 2.48. The molecular weight excluding hydrogens is 300 g/mol. The Labute approximate surface area is 132 Å². The molecular formula is C17H14O6. The van der Waals surface area contributed by atoms with Gasteiger partial charge in [0.2, 0.25) is 18.3 Å². The van der Waals surface area contributed by atoms with Crippen molar-refractivity contribution in [1.82, 2.24) is 0 Å². The molecule has 2 N–H and O–H groups in total. The van der Waals surface area contributed by atoms with Gasteiger partial charge in [0.15, 0.2) is 11.5 Å². The van der Waals surface area contributed by atoms with Gasteiger partial charge in [-0.25, -0.2) is 0 Å². The SMILES string of the molecule is C=C(C(=O)c1c(O)cc2c(c1OC)OCO2)c1ccccc1O. The van der Waals surface area contributed by atoms with Crippen molar-refractivity contribution >= 4 is 11.4 Å². The molecule has 0 spiro atoms. The number of benzene rings is 2. The average Bonchev–Trinajstić information content (AvgIpc) is 3.00. The van der Waals surface area contributed by atoms with Crippen molar-refractivity contribution in [2.24, 2.45) is 0 Å². The van der Waals surface area contributed by atoms with E-state index in [0.717, 1.165) is 0 Å². The van der Waals surface area contributed by atoms with Crippen molar-refractivity contribution in [2.75, 3.05) is 13.9 Å². The van der Waals surface area contributed by atoms with Gasteiger partial charge in [0.25, 0.3) is 0 Å². The largest absolute Gasteiger partial charge is 0.507 e. The fraction of sp³-hybridized carbons (Fsp3) is 0.118. The molecule has 0 saturated carbocycles. The third-order valence-corrected chi connectivity index (χ3v) is 3.53. The van der Waals surface area contributed by atoms with Gasteiger partial charge in [-0.3, -0.25) is 4.79 Å². The van der Waals surface area contributed by atoms with Crippen LogP contribution in [0, 0.1) is 0 Å². The molecule has 0 fully saturated rings. The van der Waals surface area contributed by atoms with E-state index in [1.54, 1.807) is 18.2 Å². The van der Waals surface area contributed by atoms with Crippen LogP contribution in [-0.2, 0) is 0 Å². The van der Waals surface area contributed by atoms with Gasteiger partial charge in [-0.15, -0.1) is 0 Å². The molecule has 1 aliphatic rings. The van der Waals surface area contributed by atoms with Crippen molar-refractivity contribution in [2.45, 2.75) is 0 Å². The number of phenols is 2. The lowest BCUT2D eigenvalue weighted by molar-refractivity contribution is 0.105. The lowest BCUT2D eigenvalue weighted by Gasteiger charge is -2.14. The normalized spacial score (nSPS) is 12.0. The zero-order valence-electron chi connectivity index (χ0n) is 12.3. The first-order chi connectivity index (χ1) is 11.0. The van der Waals surface area contributed by atoms with Gasteiger partial charge in [-0.2, -0.15) is 0 Å². The van der Waals surface area contributed by atoms with Gasteiger partial charge in [-0.1, -0.05) is 24.8 Å². The summed E-state index contributed by atoms with van der Waals surface area (Å²) in [7, 11) is 1.36. The summed E-state index contributed by atoms with van der Waals surface area (Å²) in [5.74, 6) is -0.362. The molecule has 2 aromatic carbocycles. The topological polar surface area (TPSA) is 85.2 Å². The minimum absolute atomic E-state index is 0.0237. The average molecular weight is 314 g/mol. The van der Waals surface area contributed by atoms with Gasteiger partial charge < -0.3 is 24.4 Å². The fourth-order valence-electron chi connectivity index (χ4n) is 2.42. The number of Topliss-reactive ketones (excluding diaryl/α,β-unsaturated/α-hetero) is 1. The summed E-state index contributed by atoms with van der Waals surface area (Å²) in [6.45, 7) is 3.70. The van der Waals surface area contributed by atoms with E-state index in [0.29, 0.717) is 5.75 Å². The Morgan fingerprint density at radius 1 is 1.22 bits per heavy atom. The Morgan fingerprint density at radius 2 is 1.96 bits per heavy atom. The Hall–Kier alpha value is -3.15. The molecule has 6 nitrogen and oxygen atoms in total. The van der Waals surface area contributed by atoms with E-state index >= 15 is 0 Å². The maximum Gasteiger partial charge on any atom is 0.231 e. The summed E-state index contributed by atoms with van der Waals surface area (Å²) in [5, 5.41) is 20.1. The van der Waals surface area contributed by atoms with E-state index < -0.39 is 5.78 Å². The van der Waals surface area contributed by atoms with Crippen molar-refractivity contribution < 1.29 is 29.2 Å². The van der Waals surface area contributed by atoms with Crippen LogP contribution >= 0.6 is 0 Å². The molecule has 0 atom stereocenters. The Kier molecular flexibility index (Phi) is 3.57. The van der Waals surface area contributed by atoms with Crippen LogP contribution in [0.1, 0.15) is 15.9 Å². The predicted molar refractivity (Wildman–Crippen MR) is 82.3 cm³/mol. The molecule has 0 aliphatic carbocycles. The maximum atomic E-state index is 12.8. The zero-order valence-corrected chi connectivity index (χ0v) is 12.3. The summed E-state index contributed by atoms with van der Waals surface area (Å²) in [5.41, 5.74) is 0.206. The number of aromatic hydroxyl groups is 2. The molecule has 118 valence electrons. The standard InChI is InChI=1S/C17H14O6/c1-9(10-5-3-4-6-11(10)18)15(20)14-12(19)7-13-16(17(14)21-2)23-8-22-13/h3-7,18-19H,1,8H2,2H3. The molecule has 3 rings (SSSR count). The number of carbonyl (C=O) groups is 1. The number of fused-ring (bicyclic) bond motifs is 1. The Bertz CT molecular complexity index is 809. The summed E-state index contributed by atoms with van der Waals surface area (Å²) in [6.07, 6.45) is 0. The van der Waals surface area contributed by atoms with Crippen molar-refractivity contribution in [3.05, 3.63) is 48.0 Å². The van der Waals surface area contributed by atoms with E-state index in [9.17, 15) is 15.0 Å². The predicted octanol–water partition coefficient (Wildman–Crippen LogP) is 2.73. The number of hydrogen-bond acceptors (Lipinski definition) is 6. The van der Waals surface area contributed by atoms with Crippen LogP contribution in [0.4, 0.5) is 0 Å². The zero-order chi connectivity index (χ0) is 16.6. The molecule has 2 aromatic rings. The van der Waals surface area contributed by atoms with E-state index in [1.807, 2.05) is 0 Å². The van der Waals surface area contributed by atoms with E-state index in [1.165, 1.54) is 19.2 Å². The minimum atomic E-state index is -0.584. The van der Waals surface area contributed by atoms with Crippen LogP contribution in [-0.4, -0.2) is 29.9 Å². The van der Waals surface area contributed by atoms with Gasteiger partial charge in [0.1, 0.15) is 17.1 Å². The number of carbonyl (C=O) groups excluding carboxylic acids is 1. The highest BCUT2D eigenvalue weighted by molar-refractivity contribution is 6.31. The number of rotatable bonds is 4. The number of methoxy groups -OCH3 is 1. The van der Waals surface area contributed by atoms with Crippen LogP contribution < -0.4 is 14.2 Å². The highest BCUT2D eigenvalue weighted by atomic mass is 16.7. The molecule has 6 heteroatoms. The fourth-order valence-corrected chi connectivity index (χ4v) is 2.42. The first kappa shape index (κ1) is 14.8. The molecule has 0 unspecified atom stereocenters. The second kappa shape index (κ2) is 5.57. The second-order valence-corrected chi connectivity index (χ2v) is 4.86. The summed E-state index contributed by atoms with van der Waals surface area (Å²) in [4.78, 5) is 12.8. The smallest absolute Gasteiger partial charge is 0.231 e. The maximum absolute atomic E-state index is 12.8. The van der Waals surface area contributed by atoms with Gasteiger partial charge >= 0.3 is 0 Å². The summed E-state index contributed by atoms with van der Waals surface area (Å²) < 4.78 is 15.7. The number of para-hydroxylation sites is 1. The van der Waals surface area contributed by atoms with Crippen molar-refractivity contribution in [3.63, 3.8) is 0 Å². The highest BCUT2D eigenvalue weighted by Gasteiger charge is 2.30. The van der Waals surface area contributed by atoms with E-state index in [-0.39, 0.29) is 46.5 Å². The molecule has 23 heavy (non-hydrogen) atoms. The Morgan fingerprint density at radius 3 is 2.65 bits per heavy atom. The lowest BCUT2D eigenvalue weighted by atomic mass is 9.96. The van der Waals surface area contributed by atoms with Gasteiger partial charge in [-0.05, 0) is 6.07 Å². The first-order valence-corrected chi connectivity index (χ1v) is 6.76. The third-order valence-electron chi connectivity index (χ3n) is 3.53. The monoisotopic (exact) mass is 314 g/mol. The van der Waals surface area contributed by atoms with E-state index in [4.69, 9.17) is 14.2 Å². The van der Waals surface area contributed by atoms with Crippen LogP contribution in [0.5, 0.6) is 28.7 Å². The minimum Gasteiger partial charge on any atom is -0.507 e. The molecule has 0 saturated heterocycles. The van der Waals surface area contributed by atoms with Gasteiger partial charge in [0, 0.05) is 17.2 Å². The quantitative estimate of drug-likeness (QED) is 0.667. The number of ketones is 1. The number of allylic oxidation sites excluding steroid dienone is 1. The molecule has 0 amide bonds. The summed E-state index contributed by atoms with van der Waals surface area (Å²) >= 11 is 0. The third kappa shape index (κ3) is 2.34.